The van der Waals surface area contributed by atoms with Crippen molar-refractivity contribution in [1.29, 1.82) is 0 Å². The molecule has 2 aliphatic rings. The van der Waals surface area contributed by atoms with Crippen LogP contribution in [0.4, 0.5) is 4.79 Å². The molecule has 1 aliphatic heterocycles. The molecule has 2 bridgehead atoms. The number of piperidine rings is 1. The minimum atomic E-state index is -1.03. The van der Waals surface area contributed by atoms with Crippen LogP contribution in [0.15, 0.2) is 59.1 Å². The van der Waals surface area contributed by atoms with E-state index in [0.717, 1.165) is 22.0 Å². The third-order valence-electron chi connectivity index (χ3n) is 5.74. The van der Waals surface area contributed by atoms with Crippen LogP contribution in [0.5, 0.6) is 0 Å². The van der Waals surface area contributed by atoms with Crippen LogP contribution in [0, 0.1) is 5.92 Å². The second kappa shape index (κ2) is 8.16. The first kappa shape index (κ1) is 19.9. The van der Waals surface area contributed by atoms with E-state index in [4.69, 9.17) is 9.47 Å². The summed E-state index contributed by atoms with van der Waals surface area (Å²) in [7, 11) is 0. The van der Waals surface area contributed by atoms with Gasteiger partial charge in [0.2, 0.25) is 0 Å². The summed E-state index contributed by atoms with van der Waals surface area (Å²) in [5, 5.41) is 9.20. The van der Waals surface area contributed by atoms with Crippen molar-refractivity contribution < 1.29 is 24.2 Å². The van der Waals surface area contributed by atoms with E-state index >= 15 is 0 Å². The highest BCUT2D eigenvalue weighted by atomic mass is 79.9. The quantitative estimate of drug-likeness (QED) is 0.700. The van der Waals surface area contributed by atoms with Gasteiger partial charge in [-0.05, 0) is 42.0 Å². The van der Waals surface area contributed by atoms with Crippen molar-refractivity contribution in [2.45, 2.75) is 31.1 Å². The van der Waals surface area contributed by atoms with Gasteiger partial charge in [0.15, 0.2) is 0 Å². The van der Waals surface area contributed by atoms with Gasteiger partial charge in [0.1, 0.15) is 18.8 Å². The molecule has 1 N–H and O–H groups in total. The Labute approximate surface area is 177 Å². The molecule has 1 saturated carbocycles. The largest absolute Gasteiger partial charge is 0.480 e. The molecule has 2 aromatic carbocycles. The van der Waals surface area contributed by atoms with Crippen molar-refractivity contribution in [3.8, 4) is 0 Å². The number of hydrogen-bond donors (Lipinski definition) is 1. The lowest BCUT2D eigenvalue weighted by molar-refractivity contribution is -0.157. The number of carbonyl (C=O) groups is 2. The highest BCUT2D eigenvalue weighted by molar-refractivity contribution is 9.10. The van der Waals surface area contributed by atoms with E-state index in [0.29, 0.717) is 13.0 Å². The highest BCUT2D eigenvalue weighted by Crippen LogP contribution is 2.52. The fraction of sp³-hybridized carbons (Fsp3) is 0.364. The van der Waals surface area contributed by atoms with Gasteiger partial charge in [-0.3, -0.25) is 0 Å². The number of ether oxygens (including phenoxy) is 2. The van der Waals surface area contributed by atoms with Gasteiger partial charge in [0, 0.05) is 11.0 Å². The summed E-state index contributed by atoms with van der Waals surface area (Å²) >= 11 is 3.43. The average Bonchev–Trinajstić information content (AvgIpc) is 3.31. The Hall–Kier alpha value is -2.38. The summed E-state index contributed by atoms with van der Waals surface area (Å²) < 4.78 is 12.5. The van der Waals surface area contributed by atoms with Gasteiger partial charge in [0.25, 0.3) is 0 Å². The Morgan fingerprint density at radius 3 is 2.52 bits per heavy atom. The number of likely N-dealkylation sites (tertiary alicyclic amines) is 1. The number of carbonyl (C=O) groups excluding carboxylic acids is 1. The first-order valence-electron chi connectivity index (χ1n) is 9.57. The first-order chi connectivity index (χ1) is 14.0. The second-order valence-electron chi connectivity index (χ2n) is 7.59. The Kier molecular flexibility index (Phi) is 5.61. The summed E-state index contributed by atoms with van der Waals surface area (Å²) in [6.45, 7) is 0.397. The highest BCUT2D eigenvalue weighted by Gasteiger charge is 2.58. The number of halogens is 1. The Morgan fingerprint density at radius 2 is 1.86 bits per heavy atom. The smallest absolute Gasteiger partial charge is 0.410 e. The van der Waals surface area contributed by atoms with Crippen LogP contribution in [-0.2, 0) is 26.5 Å². The molecule has 0 spiro atoms. The maximum absolute atomic E-state index is 12.8. The van der Waals surface area contributed by atoms with Crippen molar-refractivity contribution >= 4 is 28.0 Å². The van der Waals surface area contributed by atoms with E-state index in [1.54, 1.807) is 4.90 Å². The lowest BCUT2D eigenvalue weighted by Crippen LogP contribution is -2.53. The Balaban J connectivity index is 1.56. The number of hydrogen-bond acceptors (Lipinski definition) is 4. The van der Waals surface area contributed by atoms with Crippen molar-refractivity contribution in [2.75, 3.05) is 13.2 Å². The molecular weight excluding hydrogens is 438 g/mol. The maximum Gasteiger partial charge on any atom is 0.410 e. The lowest BCUT2D eigenvalue weighted by Gasteiger charge is -2.43. The molecule has 0 radical (unpaired) electrons. The zero-order chi connectivity index (χ0) is 20.4. The molecule has 2 aromatic rings. The minimum Gasteiger partial charge on any atom is -0.480 e. The Morgan fingerprint density at radius 1 is 1.14 bits per heavy atom. The van der Waals surface area contributed by atoms with Gasteiger partial charge in [0.05, 0.1) is 6.04 Å². The van der Waals surface area contributed by atoms with E-state index in [9.17, 15) is 14.7 Å². The number of carboxylic acids is 1. The molecule has 3 atom stereocenters. The molecule has 29 heavy (non-hydrogen) atoms. The fourth-order valence-electron chi connectivity index (χ4n) is 4.55. The fourth-order valence-corrected chi connectivity index (χ4v) is 4.82. The van der Waals surface area contributed by atoms with E-state index in [1.807, 2.05) is 54.6 Å². The number of carboxylic acid groups (broad SMARTS) is 1. The van der Waals surface area contributed by atoms with Gasteiger partial charge < -0.3 is 19.5 Å². The van der Waals surface area contributed by atoms with Crippen molar-refractivity contribution in [3.63, 3.8) is 0 Å². The van der Waals surface area contributed by atoms with E-state index < -0.39 is 18.2 Å². The number of amides is 1. The van der Waals surface area contributed by atoms with Crippen LogP contribution in [0.25, 0.3) is 0 Å². The predicted octanol–water partition coefficient (Wildman–Crippen LogP) is 4.18. The molecule has 152 valence electrons. The van der Waals surface area contributed by atoms with Gasteiger partial charge in [-0.25, -0.2) is 9.59 Å². The minimum absolute atomic E-state index is 0.203. The van der Waals surface area contributed by atoms with Gasteiger partial charge in [-0.2, -0.15) is 0 Å². The topological polar surface area (TPSA) is 76.1 Å². The number of nitrogens with zero attached hydrogens (tertiary/aromatic N) is 1. The molecular formula is C22H22BrNO5. The van der Waals surface area contributed by atoms with Crippen LogP contribution in [0.1, 0.15) is 24.0 Å². The standard InChI is InChI=1S/C22H22BrNO5/c23-18-8-6-17(7-9-18)22(29-14-20(25)26)11-16-10-19(22)24(12-16)21(27)28-13-15-4-2-1-3-5-15/h1-9,16,19H,10-14H2,(H,25,26). The van der Waals surface area contributed by atoms with Crippen molar-refractivity contribution in [2.24, 2.45) is 5.92 Å². The number of fused-ring (bicyclic) bond motifs is 2. The van der Waals surface area contributed by atoms with Crippen molar-refractivity contribution in [1.82, 2.24) is 4.90 Å². The predicted molar refractivity (Wildman–Crippen MR) is 109 cm³/mol. The lowest BCUT2D eigenvalue weighted by atomic mass is 9.85. The molecule has 1 saturated heterocycles. The molecule has 4 rings (SSSR count). The Bertz CT molecular complexity index is 888. The summed E-state index contributed by atoms with van der Waals surface area (Å²) in [4.78, 5) is 25.8. The van der Waals surface area contributed by atoms with Crippen LogP contribution in [0.3, 0.4) is 0 Å². The SMILES string of the molecule is O=C(O)COC1(c2ccc(Br)cc2)CC2CC1N(C(=O)OCc1ccccc1)C2. The van der Waals surface area contributed by atoms with Crippen LogP contribution in [-0.4, -0.2) is 41.3 Å². The van der Waals surface area contributed by atoms with E-state index in [-0.39, 0.29) is 24.7 Å². The summed E-state index contributed by atoms with van der Waals surface area (Å²) in [6.07, 6.45) is 1.08. The molecule has 1 heterocycles. The zero-order valence-electron chi connectivity index (χ0n) is 15.8. The third-order valence-corrected chi connectivity index (χ3v) is 6.27. The molecule has 7 heteroatoms. The van der Waals surface area contributed by atoms with Gasteiger partial charge in [-0.1, -0.05) is 58.4 Å². The van der Waals surface area contributed by atoms with Gasteiger partial charge >= 0.3 is 12.1 Å². The van der Waals surface area contributed by atoms with Crippen LogP contribution in [0.2, 0.25) is 0 Å². The molecule has 1 aliphatic carbocycles. The summed E-state index contributed by atoms with van der Waals surface area (Å²) in [6, 6.07) is 17.0. The molecule has 3 unspecified atom stereocenters. The number of rotatable bonds is 6. The van der Waals surface area contributed by atoms with Gasteiger partial charge in [-0.15, -0.1) is 0 Å². The van der Waals surface area contributed by atoms with Crippen molar-refractivity contribution in [3.05, 3.63) is 70.2 Å². The number of benzene rings is 2. The normalized spacial score (nSPS) is 25.2. The maximum atomic E-state index is 12.8. The molecule has 6 nitrogen and oxygen atoms in total. The molecule has 1 amide bonds. The number of aliphatic carboxylic acids is 1. The average molecular weight is 460 g/mol. The zero-order valence-corrected chi connectivity index (χ0v) is 17.4. The second-order valence-corrected chi connectivity index (χ2v) is 8.51. The monoisotopic (exact) mass is 459 g/mol. The van der Waals surface area contributed by atoms with E-state index in [1.165, 1.54) is 0 Å². The molecule has 0 aromatic heterocycles. The van der Waals surface area contributed by atoms with Crippen LogP contribution >= 0.6 is 15.9 Å². The summed E-state index contributed by atoms with van der Waals surface area (Å²) in [5.74, 6) is -0.774. The third kappa shape index (κ3) is 4.02. The summed E-state index contributed by atoms with van der Waals surface area (Å²) in [5.41, 5.74) is 0.967. The van der Waals surface area contributed by atoms with Crippen LogP contribution < -0.4 is 0 Å². The molecule has 2 fully saturated rings. The van der Waals surface area contributed by atoms with E-state index in [2.05, 4.69) is 15.9 Å². The first-order valence-corrected chi connectivity index (χ1v) is 10.4.